The number of hydrogen-bond acceptors (Lipinski definition) is 5. The first-order chi connectivity index (χ1) is 11.0. The summed E-state index contributed by atoms with van der Waals surface area (Å²) in [7, 11) is -3.44. The number of fused-ring (bicyclic) bond motifs is 1. The summed E-state index contributed by atoms with van der Waals surface area (Å²) in [6.07, 6.45) is 1.37. The molecule has 3 aromatic rings. The van der Waals surface area contributed by atoms with Crippen LogP contribution in [0.4, 0.5) is 10.3 Å². The number of sulfonamides is 1. The molecule has 0 aliphatic carbocycles. The Balaban J connectivity index is 1.90. The van der Waals surface area contributed by atoms with Crippen LogP contribution in [0.1, 0.15) is 19.8 Å². The molecule has 0 radical (unpaired) electrons. The standard InChI is InChI=1S/C14H15FN4O2S2/c1-2-3-8-23(20,21)18-13-16-14-19(17-13)12(9-22-14)10-4-6-11(15)7-5-10/h4-7,9H,2-3,8H2,1H3,(H,17,18). The highest BCUT2D eigenvalue weighted by atomic mass is 32.2. The summed E-state index contributed by atoms with van der Waals surface area (Å²) in [5.74, 6) is -0.222. The van der Waals surface area contributed by atoms with Crippen LogP contribution in [0.15, 0.2) is 29.6 Å². The van der Waals surface area contributed by atoms with Crippen molar-refractivity contribution in [3.63, 3.8) is 0 Å². The molecule has 2 heterocycles. The molecule has 6 nitrogen and oxygen atoms in total. The van der Waals surface area contributed by atoms with Crippen LogP contribution in [0.2, 0.25) is 0 Å². The van der Waals surface area contributed by atoms with Crippen LogP contribution in [-0.2, 0) is 10.0 Å². The number of aromatic nitrogens is 3. The lowest BCUT2D eigenvalue weighted by Gasteiger charge is -2.02. The minimum Gasteiger partial charge on any atom is -0.250 e. The average Bonchev–Trinajstić information content (AvgIpc) is 3.05. The van der Waals surface area contributed by atoms with Gasteiger partial charge in [0.05, 0.1) is 11.4 Å². The van der Waals surface area contributed by atoms with Crippen LogP contribution in [0.25, 0.3) is 16.2 Å². The van der Waals surface area contributed by atoms with Crippen molar-refractivity contribution in [2.45, 2.75) is 19.8 Å². The fourth-order valence-electron chi connectivity index (χ4n) is 2.07. The van der Waals surface area contributed by atoms with Crippen molar-refractivity contribution in [3.8, 4) is 11.3 Å². The maximum Gasteiger partial charge on any atom is 0.257 e. The third-order valence-corrected chi connectivity index (χ3v) is 5.37. The molecular formula is C14H15FN4O2S2. The first-order valence-corrected chi connectivity index (χ1v) is 9.62. The lowest BCUT2D eigenvalue weighted by Crippen LogP contribution is -2.17. The number of anilines is 1. The molecule has 9 heteroatoms. The van der Waals surface area contributed by atoms with Gasteiger partial charge in [-0.25, -0.2) is 22.0 Å². The molecule has 0 atom stereocenters. The van der Waals surface area contributed by atoms with Gasteiger partial charge in [-0.1, -0.05) is 13.3 Å². The molecule has 0 aliphatic rings. The maximum absolute atomic E-state index is 13.0. The second-order valence-electron chi connectivity index (χ2n) is 5.03. The molecule has 0 saturated heterocycles. The Kier molecular flexibility index (Phi) is 4.31. The molecule has 2 aromatic heterocycles. The topological polar surface area (TPSA) is 76.4 Å². The number of hydrogen-bond donors (Lipinski definition) is 1. The number of halogens is 1. The molecular weight excluding hydrogens is 339 g/mol. The van der Waals surface area contributed by atoms with Crippen molar-refractivity contribution in [2.24, 2.45) is 0 Å². The molecule has 0 fully saturated rings. The fourth-order valence-corrected chi connectivity index (χ4v) is 4.03. The van der Waals surface area contributed by atoms with Crippen LogP contribution in [0.3, 0.4) is 0 Å². The van der Waals surface area contributed by atoms with Crippen molar-refractivity contribution in [2.75, 3.05) is 10.5 Å². The molecule has 0 saturated carbocycles. The van der Waals surface area contributed by atoms with Crippen LogP contribution in [0.5, 0.6) is 0 Å². The Bertz CT molecular complexity index is 916. The van der Waals surface area contributed by atoms with E-state index in [1.54, 1.807) is 16.6 Å². The summed E-state index contributed by atoms with van der Waals surface area (Å²) in [5, 5.41) is 6.04. The molecule has 23 heavy (non-hydrogen) atoms. The van der Waals surface area contributed by atoms with Crippen LogP contribution >= 0.6 is 11.3 Å². The first kappa shape index (κ1) is 15.9. The number of unbranched alkanes of at least 4 members (excludes halogenated alkanes) is 1. The van der Waals surface area contributed by atoms with Gasteiger partial charge in [0, 0.05) is 10.9 Å². The minimum atomic E-state index is -3.44. The van der Waals surface area contributed by atoms with E-state index in [4.69, 9.17) is 0 Å². The second kappa shape index (κ2) is 6.25. The summed E-state index contributed by atoms with van der Waals surface area (Å²) >= 11 is 1.34. The van der Waals surface area contributed by atoms with E-state index in [-0.39, 0.29) is 17.5 Å². The van der Waals surface area contributed by atoms with Gasteiger partial charge in [0.1, 0.15) is 5.82 Å². The zero-order valence-electron chi connectivity index (χ0n) is 12.4. The number of thiazole rings is 1. The van der Waals surface area contributed by atoms with Crippen molar-refractivity contribution in [3.05, 3.63) is 35.5 Å². The molecule has 0 amide bonds. The van der Waals surface area contributed by atoms with E-state index in [9.17, 15) is 12.8 Å². The number of rotatable bonds is 6. The Morgan fingerprint density at radius 2 is 2.04 bits per heavy atom. The van der Waals surface area contributed by atoms with E-state index in [0.29, 0.717) is 11.4 Å². The van der Waals surface area contributed by atoms with E-state index >= 15 is 0 Å². The second-order valence-corrected chi connectivity index (χ2v) is 7.71. The van der Waals surface area contributed by atoms with Crippen molar-refractivity contribution in [1.82, 2.24) is 14.6 Å². The molecule has 122 valence electrons. The summed E-state index contributed by atoms with van der Waals surface area (Å²) in [6, 6.07) is 6.02. The van der Waals surface area contributed by atoms with Gasteiger partial charge in [-0.2, -0.15) is 4.98 Å². The van der Waals surface area contributed by atoms with Gasteiger partial charge in [0.2, 0.25) is 15.0 Å². The van der Waals surface area contributed by atoms with E-state index in [2.05, 4.69) is 14.8 Å². The van der Waals surface area contributed by atoms with Crippen molar-refractivity contribution in [1.29, 1.82) is 0 Å². The molecule has 1 aromatic carbocycles. The van der Waals surface area contributed by atoms with E-state index in [1.807, 2.05) is 12.3 Å². The Morgan fingerprint density at radius 1 is 1.30 bits per heavy atom. The van der Waals surface area contributed by atoms with Gasteiger partial charge < -0.3 is 0 Å². The summed E-state index contributed by atoms with van der Waals surface area (Å²) in [5.41, 5.74) is 1.51. The summed E-state index contributed by atoms with van der Waals surface area (Å²) in [4.78, 5) is 4.74. The van der Waals surface area contributed by atoms with E-state index < -0.39 is 10.0 Å². The van der Waals surface area contributed by atoms with Crippen LogP contribution in [-0.4, -0.2) is 28.8 Å². The highest BCUT2D eigenvalue weighted by Gasteiger charge is 2.16. The van der Waals surface area contributed by atoms with Gasteiger partial charge in [-0.05, 0) is 30.7 Å². The average molecular weight is 354 g/mol. The lowest BCUT2D eigenvalue weighted by molar-refractivity contribution is 0.597. The minimum absolute atomic E-state index is 0.0428. The molecule has 1 N–H and O–H groups in total. The zero-order valence-corrected chi connectivity index (χ0v) is 14.0. The van der Waals surface area contributed by atoms with E-state index in [1.165, 1.54) is 23.5 Å². The predicted octanol–water partition coefficient (Wildman–Crippen LogP) is 3.14. The highest BCUT2D eigenvalue weighted by molar-refractivity contribution is 7.92. The van der Waals surface area contributed by atoms with Gasteiger partial charge in [0.15, 0.2) is 0 Å². The van der Waals surface area contributed by atoms with Gasteiger partial charge in [-0.3, -0.25) is 0 Å². The number of benzene rings is 1. The molecule has 0 aliphatic heterocycles. The predicted molar refractivity (Wildman–Crippen MR) is 88.6 cm³/mol. The Labute approximate surface area is 137 Å². The van der Waals surface area contributed by atoms with Gasteiger partial charge >= 0.3 is 0 Å². The quantitative estimate of drug-likeness (QED) is 0.738. The third-order valence-electron chi connectivity index (χ3n) is 3.24. The largest absolute Gasteiger partial charge is 0.257 e. The van der Waals surface area contributed by atoms with Crippen molar-refractivity contribution >= 4 is 32.3 Å². The number of nitrogens with one attached hydrogen (secondary N) is 1. The molecule has 0 bridgehead atoms. The maximum atomic E-state index is 13.0. The Hall–Kier alpha value is -2.00. The lowest BCUT2D eigenvalue weighted by atomic mass is 10.2. The molecule has 0 spiro atoms. The summed E-state index contributed by atoms with van der Waals surface area (Å²) < 4.78 is 40.8. The highest BCUT2D eigenvalue weighted by Crippen LogP contribution is 2.26. The SMILES string of the molecule is CCCCS(=O)(=O)Nc1nc2scc(-c3ccc(F)cc3)n2n1. The monoisotopic (exact) mass is 354 g/mol. The third kappa shape index (κ3) is 3.50. The summed E-state index contributed by atoms with van der Waals surface area (Å²) in [6.45, 7) is 1.93. The van der Waals surface area contributed by atoms with Crippen LogP contribution in [0, 0.1) is 5.82 Å². The van der Waals surface area contributed by atoms with Gasteiger partial charge in [0.25, 0.3) is 5.95 Å². The Morgan fingerprint density at radius 3 is 2.74 bits per heavy atom. The molecule has 0 unspecified atom stereocenters. The fraction of sp³-hybridized carbons (Fsp3) is 0.286. The number of nitrogens with zero attached hydrogens (tertiary/aromatic N) is 3. The first-order valence-electron chi connectivity index (χ1n) is 7.09. The normalized spacial score (nSPS) is 11.9. The van der Waals surface area contributed by atoms with Crippen molar-refractivity contribution < 1.29 is 12.8 Å². The van der Waals surface area contributed by atoms with Crippen LogP contribution < -0.4 is 4.72 Å². The zero-order chi connectivity index (χ0) is 16.4. The van der Waals surface area contributed by atoms with E-state index in [0.717, 1.165) is 17.7 Å². The molecule has 3 rings (SSSR count). The van der Waals surface area contributed by atoms with Gasteiger partial charge in [-0.15, -0.1) is 16.4 Å². The smallest absolute Gasteiger partial charge is 0.250 e.